The van der Waals surface area contributed by atoms with Gasteiger partial charge in [0.25, 0.3) is 0 Å². The topological polar surface area (TPSA) is 53.4 Å². The van der Waals surface area contributed by atoms with E-state index in [0.29, 0.717) is 13.0 Å². The molecule has 1 heterocycles. The molecule has 0 unspecified atom stereocenters. The molecule has 0 amide bonds. The van der Waals surface area contributed by atoms with Gasteiger partial charge in [-0.25, -0.2) is 4.98 Å². The number of carboxylic acids is 1. The molecule has 0 aliphatic carbocycles. The summed E-state index contributed by atoms with van der Waals surface area (Å²) in [5.74, 6) is -1.09. The van der Waals surface area contributed by atoms with Crippen molar-refractivity contribution in [1.29, 1.82) is 0 Å². The number of hydrogen-bond donors (Lipinski definition) is 1. The third kappa shape index (κ3) is 3.90. The Labute approximate surface area is 102 Å². The Morgan fingerprint density at radius 1 is 1.50 bits per heavy atom. The van der Waals surface area contributed by atoms with Crippen molar-refractivity contribution in [3.05, 3.63) is 23.9 Å². The van der Waals surface area contributed by atoms with Crippen molar-refractivity contribution in [2.24, 2.45) is 0 Å². The summed E-state index contributed by atoms with van der Waals surface area (Å²) in [6.07, 6.45) is -2.81. The summed E-state index contributed by atoms with van der Waals surface area (Å²) in [6, 6.07) is 1.72. The Bertz CT molecular complexity index is 421. The summed E-state index contributed by atoms with van der Waals surface area (Å²) in [5, 5.41) is 8.71. The fourth-order valence-corrected chi connectivity index (χ4v) is 1.48. The molecule has 1 aromatic rings. The molecule has 1 aromatic heterocycles. The first-order chi connectivity index (χ1) is 8.34. The van der Waals surface area contributed by atoms with Crippen molar-refractivity contribution in [3.63, 3.8) is 0 Å². The fraction of sp³-hybridized carbons (Fsp3) is 0.455. The zero-order valence-electron chi connectivity index (χ0n) is 9.74. The number of nitrogens with zero attached hydrogens (tertiary/aromatic N) is 2. The summed E-state index contributed by atoms with van der Waals surface area (Å²) in [5.41, 5.74) is -0.834. The van der Waals surface area contributed by atoms with Gasteiger partial charge in [0.15, 0.2) is 0 Å². The fourth-order valence-electron chi connectivity index (χ4n) is 1.48. The second kappa shape index (κ2) is 5.70. The van der Waals surface area contributed by atoms with E-state index < -0.39 is 17.7 Å². The van der Waals surface area contributed by atoms with Gasteiger partial charge in [0.2, 0.25) is 0 Å². The van der Waals surface area contributed by atoms with Crippen molar-refractivity contribution >= 4 is 11.8 Å². The Morgan fingerprint density at radius 2 is 2.17 bits per heavy atom. The van der Waals surface area contributed by atoms with Crippen molar-refractivity contribution in [2.75, 3.05) is 18.0 Å². The van der Waals surface area contributed by atoms with Crippen LogP contribution in [0.3, 0.4) is 0 Å². The molecule has 0 bridgehead atoms. The Hall–Kier alpha value is -1.79. The minimum atomic E-state index is -4.46. The number of aromatic nitrogens is 1. The normalized spacial score (nSPS) is 11.3. The maximum atomic E-state index is 12.5. The number of anilines is 1. The van der Waals surface area contributed by atoms with Crippen molar-refractivity contribution < 1.29 is 23.1 Å². The predicted molar refractivity (Wildman–Crippen MR) is 59.4 cm³/mol. The van der Waals surface area contributed by atoms with Crippen LogP contribution in [0.5, 0.6) is 0 Å². The van der Waals surface area contributed by atoms with Gasteiger partial charge in [-0.3, -0.25) is 4.79 Å². The lowest BCUT2D eigenvalue weighted by Crippen LogP contribution is -2.31. The number of pyridine rings is 1. The molecule has 7 heteroatoms. The Morgan fingerprint density at radius 3 is 2.67 bits per heavy atom. The lowest BCUT2D eigenvalue weighted by molar-refractivity contribution is -0.137. The van der Waals surface area contributed by atoms with E-state index in [0.717, 1.165) is 18.3 Å². The molecular formula is C11H13F3N2O2. The molecule has 0 atom stereocenters. The van der Waals surface area contributed by atoms with E-state index in [1.165, 1.54) is 4.90 Å². The van der Waals surface area contributed by atoms with Crippen molar-refractivity contribution in [3.8, 4) is 0 Å². The highest BCUT2D eigenvalue weighted by Crippen LogP contribution is 2.30. The molecular weight excluding hydrogens is 249 g/mol. The predicted octanol–water partition coefficient (Wildman–Crippen LogP) is 2.40. The first-order valence-corrected chi connectivity index (χ1v) is 5.34. The van der Waals surface area contributed by atoms with Crippen molar-refractivity contribution in [1.82, 2.24) is 4.98 Å². The SMILES string of the molecule is CCCN(CC(=O)O)c1cc(C(F)(F)F)ccn1. The van der Waals surface area contributed by atoms with Crippen LogP contribution in [0.25, 0.3) is 0 Å². The first kappa shape index (κ1) is 14.3. The van der Waals surface area contributed by atoms with Gasteiger partial charge >= 0.3 is 12.1 Å². The highest BCUT2D eigenvalue weighted by molar-refractivity contribution is 5.73. The summed E-state index contributed by atoms with van der Waals surface area (Å²) < 4.78 is 37.6. The number of rotatable bonds is 5. The Kier molecular flexibility index (Phi) is 4.52. The number of alkyl halides is 3. The van der Waals surface area contributed by atoms with Crippen LogP contribution < -0.4 is 4.90 Å². The van der Waals surface area contributed by atoms with Crippen LogP contribution in [-0.2, 0) is 11.0 Å². The van der Waals surface area contributed by atoms with Gasteiger partial charge in [-0.05, 0) is 18.6 Å². The molecule has 1 rings (SSSR count). The van der Waals surface area contributed by atoms with Crippen LogP contribution in [-0.4, -0.2) is 29.1 Å². The number of halogens is 3. The van der Waals surface area contributed by atoms with Gasteiger partial charge in [-0.15, -0.1) is 0 Å². The van der Waals surface area contributed by atoms with Crippen LogP contribution >= 0.6 is 0 Å². The summed E-state index contributed by atoms with van der Waals surface area (Å²) in [4.78, 5) is 15.7. The number of aliphatic carboxylic acids is 1. The summed E-state index contributed by atoms with van der Waals surface area (Å²) in [6.45, 7) is 1.77. The maximum absolute atomic E-state index is 12.5. The maximum Gasteiger partial charge on any atom is 0.416 e. The second-order valence-corrected chi connectivity index (χ2v) is 3.72. The molecule has 100 valence electrons. The smallest absolute Gasteiger partial charge is 0.416 e. The van der Waals surface area contributed by atoms with E-state index in [-0.39, 0.29) is 12.4 Å². The van der Waals surface area contributed by atoms with Crippen LogP contribution in [0, 0.1) is 0 Å². The summed E-state index contributed by atoms with van der Waals surface area (Å²) in [7, 11) is 0. The quantitative estimate of drug-likeness (QED) is 0.885. The van der Waals surface area contributed by atoms with Gasteiger partial charge < -0.3 is 10.0 Å². The van der Waals surface area contributed by atoms with Crippen LogP contribution in [0.4, 0.5) is 19.0 Å². The largest absolute Gasteiger partial charge is 0.480 e. The molecule has 0 aliphatic rings. The average Bonchev–Trinajstić information content (AvgIpc) is 2.27. The number of carboxylic acid groups (broad SMARTS) is 1. The van der Waals surface area contributed by atoms with E-state index in [1.54, 1.807) is 0 Å². The number of hydrogen-bond acceptors (Lipinski definition) is 3. The van der Waals surface area contributed by atoms with E-state index >= 15 is 0 Å². The third-order valence-corrected chi connectivity index (χ3v) is 2.22. The minimum absolute atomic E-state index is 0.0223. The lowest BCUT2D eigenvalue weighted by atomic mass is 10.2. The van der Waals surface area contributed by atoms with E-state index in [2.05, 4.69) is 4.98 Å². The highest BCUT2D eigenvalue weighted by Gasteiger charge is 2.31. The molecule has 0 saturated carbocycles. The van der Waals surface area contributed by atoms with Gasteiger partial charge in [-0.1, -0.05) is 6.92 Å². The molecule has 0 saturated heterocycles. The summed E-state index contributed by atoms with van der Waals surface area (Å²) >= 11 is 0. The number of carbonyl (C=O) groups is 1. The molecule has 0 aliphatic heterocycles. The molecule has 4 nitrogen and oxygen atoms in total. The standard InChI is InChI=1S/C11H13F3N2O2/c1-2-5-16(7-10(17)18)9-6-8(3-4-15-9)11(12,13)14/h3-4,6H,2,5,7H2,1H3,(H,17,18). The first-order valence-electron chi connectivity index (χ1n) is 5.34. The minimum Gasteiger partial charge on any atom is -0.480 e. The van der Waals surface area contributed by atoms with Crippen LogP contribution in [0.2, 0.25) is 0 Å². The zero-order chi connectivity index (χ0) is 13.8. The molecule has 1 N–H and O–H groups in total. The van der Waals surface area contributed by atoms with Gasteiger partial charge in [-0.2, -0.15) is 13.2 Å². The third-order valence-electron chi connectivity index (χ3n) is 2.22. The van der Waals surface area contributed by atoms with Crippen molar-refractivity contribution in [2.45, 2.75) is 19.5 Å². The average molecular weight is 262 g/mol. The molecule has 0 spiro atoms. The van der Waals surface area contributed by atoms with Gasteiger partial charge in [0, 0.05) is 12.7 Å². The van der Waals surface area contributed by atoms with Gasteiger partial charge in [0.05, 0.1) is 5.56 Å². The molecule has 18 heavy (non-hydrogen) atoms. The molecule has 0 fully saturated rings. The van der Waals surface area contributed by atoms with E-state index in [1.807, 2.05) is 6.92 Å². The zero-order valence-corrected chi connectivity index (χ0v) is 9.74. The monoisotopic (exact) mass is 262 g/mol. The Balaban J connectivity index is 3.01. The second-order valence-electron chi connectivity index (χ2n) is 3.72. The molecule has 0 radical (unpaired) electrons. The molecule has 0 aromatic carbocycles. The van der Waals surface area contributed by atoms with E-state index in [4.69, 9.17) is 5.11 Å². The van der Waals surface area contributed by atoms with Gasteiger partial charge in [0.1, 0.15) is 12.4 Å². The van der Waals surface area contributed by atoms with Crippen LogP contribution in [0.15, 0.2) is 18.3 Å². The lowest BCUT2D eigenvalue weighted by Gasteiger charge is -2.21. The van der Waals surface area contributed by atoms with E-state index in [9.17, 15) is 18.0 Å². The van der Waals surface area contributed by atoms with Crippen LogP contribution in [0.1, 0.15) is 18.9 Å². The highest BCUT2D eigenvalue weighted by atomic mass is 19.4.